The second-order valence-corrected chi connectivity index (χ2v) is 8.66. The lowest BCUT2D eigenvalue weighted by atomic mass is 10.2. The second kappa shape index (κ2) is 10.2. The molecule has 3 aromatic carbocycles. The van der Waals surface area contributed by atoms with Crippen molar-refractivity contribution in [2.45, 2.75) is 4.90 Å². The zero-order valence-electron chi connectivity index (χ0n) is 17.3. The summed E-state index contributed by atoms with van der Waals surface area (Å²) >= 11 is 5.94. The normalized spacial score (nSPS) is 11.2. The summed E-state index contributed by atoms with van der Waals surface area (Å²) in [5, 5.41) is 3.20. The van der Waals surface area contributed by atoms with E-state index in [1.54, 1.807) is 60.7 Å². The van der Waals surface area contributed by atoms with Crippen molar-refractivity contribution in [2.24, 2.45) is 0 Å². The van der Waals surface area contributed by atoms with Crippen LogP contribution in [-0.2, 0) is 14.8 Å². The number of nitrogens with one attached hydrogen (secondary N) is 2. The molecule has 0 radical (unpaired) electrons. The average Bonchev–Trinajstić information content (AvgIpc) is 2.78. The summed E-state index contributed by atoms with van der Waals surface area (Å²) in [4.78, 5) is 12.2. The summed E-state index contributed by atoms with van der Waals surface area (Å²) in [6.45, 7) is 0. The molecule has 32 heavy (non-hydrogen) atoms. The maximum Gasteiger partial charge on any atom is 0.265 e. The summed E-state index contributed by atoms with van der Waals surface area (Å²) in [5.41, 5.74) is 1.41. The van der Waals surface area contributed by atoms with Gasteiger partial charge in [-0.15, -0.1) is 0 Å². The molecule has 7 nitrogen and oxygen atoms in total. The van der Waals surface area contributed by atoms with E-state index in [0.29, 0.717) is 22.1 Å². The van der Waals surface area contributed by atoms with Crippen molar-refractivity contribution < 1.29 is 22.7 Å². The van der Waals surface area contributed by atoms with Gasteiger partial charge in [0.25, 0.3) is 10.0 Å². The fourth-order valence-electron chi connectivity index (χ4n) is 2.80. The SMILES string of the molecule is COc1ccc(NS(=O)(=O)c2cc(NC(=O)/C=C/c3cccc(Cl)c3)ccc2OC)cc1. The van der Waals surface area contributed by atoms with Gasteiger partial charge in [-0.25, -0.2) is 8.42 Å². The lowest BCUT2D eigenvalue weighted by molar-refractivity contribution is -0.111. The number of halogens is 1. The van der Waals surface area contributed by atoms with Gasteiger partial charge in [-0.05, 0) is 66.2 Å². The van der Waals surface area contributed by atoms with Crippen LogP contribution < -0.4 is 19.5 Å². The number of carbonyl (C=O) groups excluding carboxylic acids is 1. The van der Waals surface area contributed by atoms with E-state index in [4.69, 9.17) is 21.1 Å². The average molecular weight is 473 g/mol. The molecule has 1 amide bonds. The number of hydrogen-bond acceptors (Lipinski definition) is 5. The Morgan fingerprint density at radius 1 is 0.938 bits per heavy atom. The van der Waals surface area contributed by atoms with Crippen LogP contribution in [0.15, 0.2) is 77.7 Å². The number of benzene rings is 3. The van der Waals surface area contributed by atoms with Crippen LogP contribution in [0.5, 0.6) is 11.5 Å². The number of sulfonamides is 1. The number of rotatable bonds is 8. The van der Waals surface area contributed by atoms with Gasteiger partial charge in [-0.1, -0.05) is 23.7 Å². The molecule has 2 N–H and O–H groups in total. The Labute approximate surface area is 191 Å². The first kappa shape index (κ1) is 23.2. The van der Waals surface area contributed by atoms with Gasteiger partial charge in [0.15, 0.2) is 0 Å². The van der Waals surface area contributed by atoms with Gasteiger partial charge in [0, 0.05) is 22.5 Å². The van der Waals surface area contributed by atoms with Gasteiger partial charge < -0.3 is 14.8 Å². The first-order chi connectivity index (χ1) is 15.3. The fourth-order valence-corrected chi connectivity index (χ4v) is 4.25. The van der Waals surface area contributed by atoms with Crippen LogP contribution in [0.3, 0.4) is 0 Å². The molecule has 166 valence electrons. The van der Waals surface area contributed by atoms with Crippen LogP contribution in [0.1, 0.15) is 5.56 Å². The molecule has 0 unspecified atom stereocenters. The molecule has 9 heteroatoms. The maximum absolute atomic E-state index is 13.0. The summed E-state index contributed by atoms with van der Waals surface area (Å²) in [7, 11) is -1.10. The van der Waals surface area contributed by atoms with E-state index in [0.717, 1.165) is 5.56 Å². The van der Waals surface area contributed by atoms with E-state index < -0.39 is 15.9 Å². The van der Waals surface area contributed by atoms with Crippen molar-refractivity contribution in [3.63, 3.8) is 0 Å². The molecule has 0 aliphatic rings. The van der Waals surface area contributed by atoms with Crippen molar-refractivity contribution in [3.05, 3.63) is 83.4 Å². The smallest absolute Gasteiger partial charge is 0.265 e. The van der Waals surface area contributed by atoms with E-state index in [9.17, 15) is 13.2 Å². The molecular formula is C23H21ClN2O5S. The largest absolute Gasteiger partial charge is 0.497 e. The Balaban J connectivity index is 1.80. The number of methoxy groups -OCH3 is 2. The van der Waals surface area contributed by atoms with E-state index in [2.05, 4.69) is 10.0 Å². The Kier molecular flexibility index (Phi) is 7.40. The van der Waals surface area contributed by atoms with Crippen molar-refractivity contribution >= 4 is 45.0 Å². The van der Waals surface area contributed by atoms with Crippen LogP contribution in [0, 0.1) is 0 Å². The van der Waals surface area contributed by atoms with Gasteiger partial charge in [0.2, 0.25) is 5.91 Å². The summed E-state index contributed by atoms with van der Waals surface area (Å²) < 4.78 is 38.7. The number of carbonyl (C=O) groups is 1. The van der Waals surface area contributed by atoms with E-state index in [1.807, 2.05) is 0 Å². The minimum atomic E-state index is -3.99. The molecule has 0 saturated carbocycles. The molecule has 0 spiro atoms. The number of hydrogen-bond donors (Lipinski definition) is 2. The number of amides is 1. The second-order valence-electron chi connectivity index (χ2n) is 6.58. The predicted molar refractivity (Wildman–Crippen MR) is 126 cm³/mol. The van der Waals surface area contributed by atoms with Crippen LogP contribution in [0.4, 0.5) is 11.4 Å². The van der Waals surface area contributed by atoms with Crippen molar-refractivity contribution in [1.82, 2.24) is 0 Å². The Bertz CT molecular complexity index is 1240. The molecule has 0 heterocycles. The molecule has 3 aromatic rings. The zero-order valence-corrected chi connectivity index (χ0v) is 18.9. The Morgan fingerprint density at radius 3 is 2.31 bits per heavy atom. The molecule has 3 rings (SSSR count). The van der Waals surface area contributed by atoms with Gasteiger partial charge >= 0.3 is 0 Å². The monoisotopic (exact) mass is 472 g/mol. The lowest BCUT2D eigenvalue weighted by Gasteiger charge is -2.13. The topological polar surface area (TPSA) is 93.7 Å². The highest BCUT2D eigenvalue weighted by Gasteiger charge is 2.21. The molecule has 0 saturated heterocycles. The lowest BCUT2D eigenvalue weighted by Crippen LogP contribution is -2.15. The molecule has 0 atom stereocenters. The third-order valence-corrected chi connectivity index (χ3v) is 5.98. The maximum atomic E-state index is 13.0. The van der Waals surface area contributed by atoms with Gasteiger partial charge in [0.1, 0.15) is 16.4 Å². The quantitative estimate of drug-likeness (QED) is 0.459. The Hall–Kier alpha value is -3.49. The van der Waals surface area contributed by atoms with Crippen LogP contribution in [-0.4, -0.2) is 28.5 Å². The molecule has 0 aromatic heterocycles. The highest BCUT2D eigenvalue weighted by atomic mass is 35.5. The number of anilines is 2. The summed E-state index contributed by atoms with van der Waals surface area (Å²) in [5.74, 6) is 0.307. The third kappa shape index (κ3) is 6.03. The fraction of sp³-hybridized carbons (Fsp3) is 0.0870. The molecule has 0 fully saturated rings. The molecule has 0 aliphatic heterocycles. The van der Waals surface area contributed by atoms with Gasteiger partial charge in [0.05, 0.1) is 14.2 Å². The number of ether oxygens (including phenoxy) is 2. The van der Waals surface area contributed by atoms with Crippen LogP contribution in [0.2, 0.25) is 5.02 Å². The predicted octanol–water partition coefficient (Wildman–Crippen LogP) is 4.81. The van der Waals surface area contributed by atoms with Crippen LogP contribution >= 0.6 is 11.6 Å². The van der Waals surface area contributed by atoms with E-state index in [-0.39, 0.29) is 10.6 Å². The Morgan fingerprint density at radius 2 is 1.66 bits per heavy atom. The van der Waals surface area contributed by atoms with Gasteiger partial charge in [-0.3, -0.25) is 9.52 Å². The minimum absolute atomic E-state index is 0.118. The first-order valence-electron chi connectivity index (χ1n) is 9.40. The van der Waals surface area contributed by atoms with Gasteiger partial charge in [-0.2, -0.15) is 0 Å². The standard InChI is InChI=1S/C23H21ClN2O5S/c1-30-20-10-7-18(8-11-20)26-32(28,29)22-15-19(9-12-21(22)31-2)25-23(27)13-6-16-4-3-5-17(24)14-16/h3-15,26H,1-2H3,(H,25,27)/b13-6+. The van der Waals surface area contributed by atoms with Crippen molar-refractivity contribution in [1.29, 1.82) is 0 Å². The van der Waals surface area contributed by atoms with Crippen LogP contribution in [0.25, 0.3) is 6.08 Å². The van der Waals surface area contributed by atoms with Crippen molar-refractivity contribution in [3.8, 4) is 11.5 Å². The first-order valence-corrected chi connectivity index (χ1v) is 11.3. The molecule has 0 aliphatic carbocycles. The summed E-state index contributed by atoms with van der Waals surface area (Å²) in [6, 6.07) is 17.8. The third-order valence-electron chi connectivity index (χ3n) is 4.34. The highest BCUT2D eigenvalue weighted by molar-refractivity contribution is 7.92. The molecule has 0 bridgehead atoms. The van der Waals surface area contributed by atoms with E-state index >= 15 is 0 Å². The minimum Gasteiger partial charge on any atom is -0.497 e. The zero-order chi connectivity index (χ0) is 23.1. The molecular weight excluding hydrogens is 452 g/mol. The van der Waals surface area contributed by atoms with Crippen molar-refractivity contribution in [2.75, 3.05) is 24.3 Å². The highest BCUT2D eigenvalue weighted by Crippen LogP contribution is 2.29. The van der Waals surface area contributed by atoms with E-state index in [1.165, 1.54) is 32.4 Å². The summed E-state index contributed by atoms with van der Waals surface area (Å²) in [6.07, 6.45) is 2.94.